The first-order chi connectivity index (χ1) is 6.54. The Kier molecular flexibility index (Phi) is 3.33. The maximum atomic E-state index is 11.4. The van der Waals surface area contributed by atoms with Crippen LogP contribution in [-0.2, 0) is 4.79 Å². The summed E-state index contributed by atoms with van der Waals surface area (Å²) in [5, 5.41) is 11.6. The summed E-state index contributed by atoms with van der Waals surface area (Å²) in [6.45, 7) is 4.78. The number of nitrogens with zero attached hydrogens (tertiary/aromatic N) is 1. The van der Waals surface area contributed by atoms with Gasteiger partial charge in [-0.3, -0.25) is 0 Å². The summed E-state index contributed by atoms with van der Waals surface area (Å²) in [5.41, 5.74) is 0. The van der Waals surface area contributed by atoms with Crippen molar-refractivity contribution in [2.75, 3.05) is 13.1 Å². The highest BCUT2D eigenvalue weighted by Crippen LogP contribution is 2.13. The second-order valence-corrected chi connectivity index (χ2v) is 3.81. The van der Waals surface area contributed by atoms with Crippen LogP contribution in [-0.4, -0.2) is 41.1 Å². The molecule has 0 aromatic heterocycles. The molecule has 1 rings (SSSR count). The fourth-order valence-corrected chi connectivity index (χ4v) is 1.69. The molecule has 1 aliphatic heterocycles. The number of aliphatic carboxylic acids is 1. The van der Waals surface area contributed by atoms with Gasteiger partial charge in [-0.05, 0) is 12.3 Å². The lowest BCUT2D eigenvalue weighted by molar-refractivity contribution is -0.144. The zero-order chi connectivity index (χ0) is 10.7. The highest BCUT2D eigenvalue weighted by atomic mass is 16.4. The van der Waals surface area contributed by atoms with Crippen molar-refractivity contribution in [3.8, 4) is 0 Å². The second kappa shape index (κ2) is 4.30. The molecule has 0 radical (unpaired) electrons. The van der Waals surface area contributed by atoms with E-state index in [2.05, 4.69) is 5.32 Å². The largest absolute Gasteiger partial charge is 0.480 e. The van der Waals surface area contributed by atoms with Gasteiger partial charge in [0, 0.05) is 13.1 Å². The van der Waals surface area contributed by atoms with E-state index in [1.54, 1.807) is 13.8 Å². The molecule has 0 saturated carbocycles. The molecule has 2 amide bonds. The number of amides is 2. The van der Waals surface area contributed by atoms with E-state index in [0.29, 0.717) is 13.1 Å². The summed E-state index contributed by atoms with van der Waals surface area (Å²) >= 11 is 0. The number of nitrogens with one attached hydrogen (secondary N) is 1. The summed E-state index contributed by atoms with van der Waals surface area (Å²) < 4.78 is 0. The molecule has 1 atom stereocenters. The van der Waals surface area contributed by atoms with E-state index in [1.807, 2.05) is 0 Å². The molecule has 1 heterocycles. The first-order valence-corrected chi connectivity index (χ1v) is 4.81. The SMILES string of the molecule is CC(C)[C@H](C(=O)O)N1CCCNC1=O. The lowest BCUT2D eigenvalue weighted by Gasteiger charge is -2.34. The zero-order valence-electron chi connectivity index (χ0n) is 8.49. The minimum atomic E-state index is -0.933. The van der Waals surface area contributed by atoms with Crippen molar-refractivity contribution in [3.05, 3.63) is 0 Å². The molecule has 1 aliphatic rings. The zero-order valence-corrected chi connectivity index (χ0v) is 8.49. The van der Waals surface area contributed by atoms with Gasteiger partial charge in [-0.1, -0.05) is 13.8 Å². The number of urea groups is 1. The third kappa shape index (κ3) is 2.16. The van der Waals surface area contributed by atoms with Crippen molar-refractivity contribution >= 4 is 12.0 Å². The molecule has 0 bridgehead atoms. The molecule has 0 aromatic rings. The van der Waals surface area contributed by atoms with Crippen molar-refractivity contribution in [1.82, 2.24) is 10.2 Å². The van der Waals surface area contributed by atoms with Crippen molar-refractivity contribution in [2.24, 2.45) is 5.92 Å². The number of carboxylic acids is 1. The Hall–Kier alpha value is -1.26. The van der Waals surface area contributed by atoms with E-state index < -0.39 is 12.0 Å². The van der Waals surface area contributed by atoms with Gasteiger partial charge in [-0.15, -0.1) is 0 Å². The molecular formula is C9H16N2O3. The molecule has 5 nitrogen and oxygen atoms in total. The lowest BCUT2D eigenvalue weighted by atomic mass is 10.0. The topological polar surface area (TPSA) is 69.6 Å². The summed E-state index contributed by atoms with van der Waals surface area (Å²) in [6, 6.07) is -0.979. The summed E-state index contributed by atoms with van der Waals surface area (Å²) in [5.74, 6) is -1.01. The van der Waals surface area contributed by atoms with Gasteiger partial charge >= 0.3 is 12.0 Å². The van der Waals surface area contributed by atoms with Gasteiger partial charge in [0.2, 0.25) is 0 Å². The Labute approximate surface area is 83.1 Å². The van der Waals surface area contributed by atoms with Gasteiger partial charge in [-0.2, -0.15) is 0 Å². The van der Waals surface area contributed by atoms with Crippen LogP contribution in [0, 0.1) is 5.92 Å². The molecule has 1 fully saturated rings. The Morgan fingerprint density at radius 3 is 2.64 bits per heavy atom. The Bertz CT molecular complexity index is 240. The van der Waals surface area contributed by atoms with Crippen LogP contribution in [0.15, 0.2) is 0 Å². The van der Waals surface area contributed by atoms with Crippen molar-refractivity contribution in [2.45, 2.75) is 26.3 Å². The van der Waals surface area contributed by atoms with Crippen LogP contribution >= 0.6 is 0 Å². The summed E-state index contributed by atoms with van der Waals surface area (Å²) in [6.07, 6.45) is 0.808. The third-order valence-corrected chi connectivity index (χ3v) is 2.33. The van der Waals surface area contributed by atoms with Crippen molar-refractivity contribution in [3.63, 3.8) is 0 Å². The maximum absolute atomic E-state index is 11.4. The van der Waals surface area contributed by atoms with Crippen molar-refractivity contribution in [1.29, 1.82) is 0 Å². The Morgan fingerprint density at radius 2 is 2.21 bits per heavy atom. The first-order valence-electron chi connectivity index (χ1n) is 4.81. The molecule has 2 N–H and O–H groups in total. The molecule has 0 aliphatic carbocycles. The van der Waals surface area contributed by atoms with Gasteiger partial charge in [0.15, 0.2) is 0 Å². The number of hydrogen-bond acceptors (Lipinski definition) is 2. The number of rotatable bonds is 3. The smallest absolute Gasteiger partial charge is 0.326 e. The van der Waals surface area contributed by atoms with Gasteiger partial charge in [0.1, 0.15) is 6.04 Å². The van der Waals surface area contributed by atoms with Gasteiger partial charge < -0.3 is 15.3 Å². The number of carboxylic acid groups (broad SMARTS) is 1. The maximum Gasteiger partial charge on any atom is 0.326 e. The normalized spacial score (nSPS) is 19.4. The average Bonchev–Trinajstić information content (AvgIpc) is 2.07. The van der Waals surface area contributed by atoms with Crippen LogP contribution in [0.3, 0.4) is 0 Å². The lowest BCUT2D eigenvalue weighted by Crippen LogP contribution is -2.55. The molecule has 5 heteroatoms. The van der Waals surface area contributed by atoms with Crippen LogP contribution < -0.4 is 5.32 Å². The van der Waals surface area contributed by atoms with Crippen LogP contribution in [0.25, 0.3) is 0 Å². The minimum Gasteiger partial charge on any atom is -0.480 e. The summed E-state index contributed by atoms with van der Waals surface area (Å²) in [7, 11) is 0. The van der Waals surface area contributed by atoms with Crippen LogP contribution in [0.4, 0.5) is 4.79 Å². The van der Waals surface area contributed by atoms with Gasteiger partial charge in [0.25, 0.3) is 0 Å². The quantitative estimate of drug-likeness (QED) is 0.697. The average molecular weight is 200 g/mol. The van der Waals surface area contributed by atoms with E-state index in [9.17, 15) is 9.59 Å². The molecule has 0 spiro atoms. The molecule has 0 aromatic carbocycles. The molecule has 0 unspecified atom stereocenters. The Morgan fingerprint density at radius 1 is 1.57 bits per heavy atom. The van der Waals surface area contributed by atoms with Crippen LogP contribution in [0.2, 0.25) is 0 Å². The summed E-state index contributed by atoms with van der Waals surface area (Å²) in [4.78, 5) is 23.8. The molecule has 14 heavy (non-hydrogen) atoms. The fraction of sp³-hybridized carbons (Fsp3) is 0.778. The first kappa shape index (κ1) is 10.8. The standard InChI is InChI=1S/C9H16N2O3/c1-6(2)7(8(12)13)11-5-3-4-10-9(11)14/h6-7H,3-5H2,1-2H3,(H,10,14)(H,12,13)/t7-/m1/s1. The van der Waals surface area contributed by atoms with E-state index in [-0.39, 0.29) is 11.9 Å². The van der Waals surface area contributed by atoms with E-state index >= 15 is 0 Å². The highest BCUT2D eigenvalue weighted by molar-refractivity contribution is 5.83. The van der Waals surface area contributed by atoms with E-state index in [0.717, 1.165) is 6.42 Å². The highest BCUT2D eigenvalue weighted by Gasteiger charge is 2.33. The van der Waals surface area contributed by atoms with E-state index in [1.165, 1.54) is 4.90 Å². The van der Waals surface area contributed by atoms with Crippen molar-refractivity contribution < 1.29 is 14.7 Å². The molecule has 1 saturated heterocycles. The number of carbonyl (C=O) groups excluding carboxylic acids is 1. The van der Waals surface area contributed by atoms with E-state index in [4.69, 9.17) is 5.11 Å². The van der Waals surface area contributed by atoms with Crippen LogP contribution in [0.5, 0.6) is 0 Å². The number of carbonyl (C=O) groups is 2. The number of hydrogen-bond donors (Lipinski definition) is 2. The fourth-order valence-electron chi connectivity index (χ4n) is 1.69. The predicted molar refractivity (Wildman–Crippen MR) is 51.0 cm³/mol. The predicted octanol–water partition coefficient (Wildman–Crippen LogP) is 0.511. The Balaban J connectivity index is 2.75. The molecule has 80 valence electrons. The van der Waals surface area contributed by atoms with Crippen LogP contribution in [0.1, 0.15) is 20.3 Å². The third-order valence-electron chi connectivity index (χ3n) is 2.33. The minimum absolute atomic E-state index is 0.0728. The van der Waals surface area contributed by atoms with Gasteiger partial charge in [-0.25, -0.2) is 9.59 Å². The van der Waals surface area contributed by atoms with Gasteiger partial charge in [0.05, 0.1) is 0 Å². The second-order valence-electron chi connectivity index (χ2n) is 3.81. The monoisotopic (exact) mass is 200 g/mol. The molecular weight excluding hydrogens is 184 g/mol.